The summed E-state index contributed by atoms with van der Waals surface area (Å²) >= 11 is 0. The summed E-state index contributed by atoms with van der Waals surface area (Å²) < 4.78 is 0. The van der Waals surface area contributed by atoms with Gasteiger partial charge in [-0.3, -0.25) is 10.4 Å². The van der Waals surface area contributed by atoms with Crippen molar-refractivity contribution in [3.8, 4) is 0 Å². The maximum atomic E-state index is 11.4. The summed E-state index contributed by atoms with van der Waals surface area (Å²) in [5.74, 6) is 0.164. The van der Waals surface area contributed by atoms with Crippen LogP contribution < -0.4 is 16.4 Å². The van der Waals surface area contributed by atoms with Gasteiger partial charge in [-0.15, -0.1) is 0 Å². The van der Waals surface area contributed by atoms with E-state index in [1.807, 2.05) is 6.92 Å². The number of nitrogens with zero attached hydrogens (tertiary/aromatic N) is 2. The Hall–Kier alpha value is -2.25. The molecule has 0 bridgehead atoms. The molecule has 0 fully saturated rings. The van der Waals surface area contributed by atoms with Crippen LogP contribution in [-0.4, -0.2) is 33.8 Å². The molecule has 6 N–H and O–H groups in total. The number of H-pyrrole nitrogens is 1. The number of carbonyl (C=O) groups excluding carboxylic acids is 1. The van der Waals surface area contributed by atoms with E-state index in [0.717, 1.165) is 12.8 Å². The molecule has 0 atom stereocenters. The normalized spacial score (nSPS) is 11.2. The first kappa shape index (κ1) is 12.8. The van der Waals surface area contributed by atoms with E-state index in [2.05, 4.69) is 26.0 Å². The summed E-state index contributed by atoms with van der Waals surface area (Å²) in [6.07, 6.45) is 3.26. The van der Waals surface area contributed by atoms with Gasteiger partial charge in [0.25, 0.3) is 0 Å². The van der Waals surface area contributed by atoms with Gasteiger partial charge in [-0.2, -0.15) is 5.10 Å². The Morgan fingerprint density at radius 1 is 1.71 bits per heavy atom. The number of rotatable bonds is 5. The lowest BCUT2D eigenvalue weighted by atomic mass is 10.3. The number of aromatic nitrogens is 2. The predicted molar refractivity (Wildman–Crippen MR) is 63.0 cm³/mol. The van der Waals surface area contributed by atoms with Crippen molar-refractivity contribution in [2.24, 2.45) is 10.9 Å². The van der Waals surface area contributed by atoms with Gasteiger partial charge in [0.15, 0.2) is 5.84 Å². The molecule has 1 rings (SSSR count). The molecular formula is C9H16N6O2. The minimum Gasteiger partial charge on any atom is -0.409 e. The number of anilines is 1. The molecule has 1 aromatic rings. The van der Waals surface area contributed by atoms with Crippen LogP contribution >= 0.6 is 0 Å². The molecule has 1 heterocycles. The Kier molecular flexibility index (Phi) is 4.79. The summed E-state index contributed by atoms with van der Waals surface area (Å²) in [5.41, 5.74) is 5.74. The van der Waals surface area contributed by atoms with E-state index in [4.69, 9.17) is 10.9 Å². The highest BCUT2D eigenvalue weighted by atomic mass is 16.4. The molecule has 0 saturated carbocycles. The molecule has 0 aliphatic rings. The van der Waals surface area contributed by atoms with Gasteiger partial charge in [0, 0.05) is 6.54 Å². The molecule has 0 unspecified atom stereocenters. The lowest BCUT2D eigenvalue weighted by Gasteiger charge is -2.06. The maximum absolute atomic E-state index is 11.4. The van der Waals surface area contributed by atoms with Gasteiger partial charge in [-0.25, -0.2) is 4.79 Å². The minimum absolute atomic E-state index is 0.123. The SMILES string of the molecule is CCCCNC(=O)Nc1[nH]ncc1C(N)=NO. The molecule has 8 nitrogen and oxygen atoms in total. The fourth-order valence-electron chi connectivity index (χ4n) is 1.17. The molecule has 0 aliphatic carbocycles. The molecule has 8 heteroatoms. The van der Waals surface area contributed by atoms with Crippen LogP contribution in [0.15, 0.2) is 11.4 Å². The van der Waals surface area contributed by atoms with Gasteiger partial charge in [-0.1, -0.05) is 18.5 Å². The molecule has 0 aromatic carbocycles. The van der Waals surface area contributed by atoms with Crippen LogP contribution in [0.4, 0.5) is 10.6 Å². The standard InChI is InChI=1S/C9H16N6O2/c1-2-3-4-11-9(16)13-8-6(5-12-14-8)7(10)15-17/h5,17H,2-4H2,1H3,(H2,10,15)(H3,11,12,13,14,16). The number of hydrogen-bond donors (Lipinski definition) is 5. The lowest BCUT2D eigenvalue weighted by molar-refractivity contribution is 0.252. The van der Waals surface area contributed by atoms with Crippen LogP contribution in [0.2, 0.25) is 0 Å². The quantitative estimate of drug-likeness (QED) is 0.168. The van der Waals surface area contributed by atoms with E-state index in [9.17, 15) is 4.79 Å². The van der Waals surface area contributed by atoms with Crippen molar-refractivity contribution >= 4 is 17.7 Å². The van der Waals surface area contributed by atoms with E-state index in [1.165, 1.54) is 6.20 Å². The second kappa shape index (κ2) is 6.36. The number of urea groups is 1. The van der Waals surface area contributed by atoms with Crippen LogP contribution in [0.25, 0.3) is 0 Å². The van der Waals surface area contributed by atoms with Gasteiger partial charge >= 0.3 is 6.03 Å². The summed E-state index contributed by atoms with van der Waals surface area (Å²) in [4.78, 5) is 11.4. The van der Waals surface area contributed by atoms with E-state index in [1.54, 1.807) is 0 Å². The van der Waals surface area contributed by atoms with Gasteiger partial charge in [0.2, 0.25) is 0 Å². The van der Waals surface area contributed by atoms with Crippen molar-refractivity contribution in [1.82, 2.24) is 15.5 Å². The van der Waals surface area contributed by atoms with Gasteiger partial charge in [0.1, 0.15) is 5.82 Å². The third kappa shape index (κ3) is 3.67. The average molecular weight is 240 g/mol. The van der Waals surface area contributed by atoms with E-state index in [-0.39, 0.29) is 17.7 Å². The van der Waals surface area contributed by atoms with Crippen LogP contribution in [-0.2, 0) is 0 Å². The van der Waals surface area contributed by atoms with E-state index >= 15 is 0 Å². The van der Waals surface area contributed by atoms with Crippen LogP contribution in [0.5, 0.6) is 0 Å². The molecule has 1 aromatic heterocycles. The second-order valence-electron chi connectivity index (χ2n) is 3.38. The Bertz CT molecular complexity index is 400. The zero-order chi connectivity index (χ0) is 12.7. The number of amides is 2. The Balaban J connectivity index is 2.57. The van der Waals surface area contributed by atoms with Crippen molar-refractivity contribution in [3.05, 3.63) is 11.8 Å². The minimum atomic E-state index is -0.366. The Morgan fingerprint density at radius 2 is 2.47 bits per heavy atom. The largest absolute Gasteiger partial charge is 0.409 e. The van der Waals surface area contributed by atoms with Gasteiger partial charge in [-0.05, 0) is 6.42 Å². The number of oxime groups is 1. The zero-order valence-corrected chi connectivity index (χ0v) is 9.53. The Morgan fingerprint density at radius 3 is 3.12 bits per heavy atom. The predicted octanol–water partition coefficient (Wildman–Crippen LogP) is 0.426. The molecule has 0 saturated heterocycles. The van der Waals surface area contributed by atoms with Crippen LogP contribution in [0.3, 0.4) is 0 Å². The first-order chi connectivity index (χ1) is 8.19. The topological polar surface area (TPSA) is 128 Å². The van der Waals surface area contributed by atoms with E-state index < -0.39 is 0 Å². The monoisotopic (exact) mass is 240 g/mol. The molecule has 17 heavy (non-hydrogen) atoms. The number of hydrogen-bond acceptors (Lipinski definition) is 4. The number of aromatic amines is 1. The van der Waals surface area contributed by atoms with Gasteiger partial charge in [0.05, 0.1) is 11.8 Å². The molecule has 94 valence electrons. The Labute approximate surface area is 98.3 Å². The molecule has 0 aliphatic heterocycles. The first-order valence-corrected chi connectivity index (χ1v) is 5.25. The third-order valence-electron chi connectivity index (χ3n) is 2.08. The fraction of sp³-hybridized carbons (Fsp3) is 0.444. The highest BCUT2D eigenvalue weighted by Gasteiger charge is 2.11. The summed E-state index contributed by atoms with van der Waals surface area (Å²) in [5, 5.41) is 22.8. The number of carbonyl (C=O) groups is 1. The maximum Gasteiger partial charge on any atom is 0.320 e. The van der Waals surface area contributed by atoms with Crippen LogP contribution in [0.1, 0.15) is 25.3 Å². The smallest absolute Gasteiger partial charge is 0.320 e. The number of unbranched alkanes of at least 4 members (excludes halogenated alkanes) is 1. The van der Waals surface area contributed by atoms with Gasteiger partial charge < -0.3 is 16.3 Å². The molecule has 0 radical (unpaired) electrons. The van der Waals surface area contributed by atoms with Crippen molar-refractivity contribution in [2.75, 3.05) is 11.9 Å². The lowest BCUT2D eigenvalue weighted by Crippen LogP contribution is -2.30. The summed E-state index contributed by atoms with van der Waals surface area (Å²) in [6, 6.07) is -0.366. The average Bonchev–Trinajstić information content (AvgIpc) is 2.76. The van der Waals surface area contributed by atoms with Crippen molar-refractivity contribution in [3.63, 3.8) is 0 Å². The molecule has 2 amide bonds. The third-order valence-corrected chi connectivity index (χ3v) is 2.08. The molecule has 0 spiro atoms. The summed E-state index contributed by atoms with van der Waals surface area (Å²) in [7, 11) is 0. The van der Waals surface area contributed by atoms with Crippen molar-refractivity contribution in [2.45, 2.75) is 19.8 Å². The molecular weight excluding hydrogens is 224 g/mol. The number of nitrogens with two attached hydrogens (primary N) is 1. The zero-order valence-electron chi connectivity index (χ0n) is 9.53. The number of amidine groups is 1. The van der Waals surface area contributed by atoms with Crippen LogP contribution in [0, 0.1) is 0 Å². The first-order valence-electron chi connectivity index (χ1n) is 5.25. The summed E-state index contributed by atoms with van der Waals surface area (Å²) in [6.45, 7) is 2.63. The van der Waals surface area contributed by atoms with Crippen molar-refractivity contribution < 1.29 is 10.0 Å². The van der Waals surface area contributed by atoms with E-state index in [0.29, 0.717) is 12.1 Å². The fourth-order valence-corrected chi connectivity index (χ4v) is 1.17. The van der Waals surface area contributed by atoms with Crippen molar-refractivity contribution in [1.29, 1.82) is 0 Å². The number of nitrogens with one attached hydrogen (secondary N) is 3. The highest BCUT2D eigenvalue weighted by Crippen LogP contribution is 2.09. The highest BCUT2D eigenvalue weighted by molar-refractivity contribution is 6.04. The second-order valence-corrected chi connectivity index (χ2v) is 3.38.